The zero-order chi connectivity index (χ0) is 18.2. The third kappa shape index (κ3) is 4.86. The highest BCUT2D eigenvalue weighted by molar-refractivity contribution is 5.90. The molecule has 1 amide bonds. The van der Waals surface area contributed by atoms with Gasteiger partial charge in [0.25, 0.3) is 0 Å². The minimum absolute atomic E-state index is 0.0290. The molecule has 0 aliphatic carbocycles. The van der Waals surface area contributed by atoms with Crippen molar-refractivity contribution in [2.45, 2.75) is 12.8 Å². The number of anilines is 1. The fourth-order valence-electron chi connectivity index (χ4n) is 2.45. The molecule has 0 saturated carbocycles. The molecular weight excluding hydrogens is 330 g/mol. The van der Waals surface area contributed by atoms with Gasteiger partial charge >= 0.3 is 0 Å². The van der Waals surface area contributed by atoms with Gasteiger partial charge in [-0.1, -0.05) is 0 Å². The first kappa shape index (κ1) is 17.5. The van der Waals surface area contributed by atoms with Gasteiger partial charge in [-0.15, -0.1) is 0 Å². The number of benzene rings is 2. The third-order valence-corrected chi connectivity index (χ3v) is 3.83. The number of amides is 1. The number of methoxy groups -OCH3 is 1. The normalized spacial score (nSPS) is 10.3. The molecule has 1 heterocycles. The van der Waals surface area contributed by atoms with E-state index in [1.807, 2.05) is 59.3 Å². The van der Waals surface area contributed by atoms with E-state index in [9.17, 15) is 4.79 Å². The molecule has 0 aliphatic rings. The fourth-order valence-corrected chi connectivity index (χ4v) is 2.45. The van der Waals surface area contributed by atoms with Crippen LogP contribution in [0.2, 0.25) is 0 Å². The van der Waals surface area contributed by atoms with Crippen molar-refractivity contribution in [3.8, 4) is 17.2 Å². The molecule has 0 atom stereocenters. The van der Waals surface area contributed by atoms with Crippen LogP contribution in [0.1, 0.15) is 12.8 Å². The summed E-state index contributed by atoms with van der Waals surface area (Å²) < 4.78 is 12.6. The summed E-state index contributed by atoms with van der Waals surface area (Å²) in [6.45, 7) is 0.485. The number of hydrogen-bond acceptors (Lipinski definition) is 4. The molecule has 134 valence electrons. The number of hydrogen-bond donors (Lipinski definition) is 1. The number of nitrogens with zero attached hydrogens (tertiary/aromatic N) is 2. The average molecular weight is 351 g/mol. The molecule has 3 rings (SSSR count). The van der Waals surface area contributed by atoms with Crippen molar-refractivity contribution in [3.63, 3.8) is 0 Å². The number of rotatable bonds is 8. The predicted octanol–water partition coefficient (Wildman–Crippen LogP) is 3.68. The quantitative estimate of drug-likeness (QED) is 0.629. The molecule has 1 aromatic heterocycles. The Kier molecular flexibility index (Phi) is 5.88. The van der Waals surface area contributed by atoms with Crippen LogP contribution in [0, 0.1) is 0 Å². The third-order valence-electron chi connectivity index (χ3n) is 3.83. The maximum atomic E-state index is 12.0. The highest BCUT2D eigenvalue weighted by Crippen LogP contribution is 2.17. The zero-order valence-electron chi connectivity index (χ0n) is 14.6. The number of nitrogens with one attached hydrogen (secondary N) is 1. The van der Waals surface area contributed by atoms with Crippen molar-refractivity contribution in [1.29, 1.82) is 0 Å². The van der Waals surface area contributed by atoms with Gasteiger partial charge in [0.05, 0.1) is 20.0 Å². The van der Waals surface area contributed by atoms with Crippen molar-refractivity contribution in [3.05, 3.63) is 67.3 Å². The van der Waals surface area contributed by atoms with E-state index in [-0.39, 0.29) is 5.91 Å². The first-order valence-electron chi connectivity index (χ1n) is 8.40. The monoisotopic (exact) mass is 351 g/mol. The van der Waals surface area contributed by atoms with Gasteiger partial charge in [0.1, 0.15) is 11.5 Å². The summed E-state index contributed by atoms with van der Waals surface area (Å²) in [5.41, 5.74) is 1.77. The van der Waals surface area contributed by atoms with E-state index in [0.717, 1.165) is 22.9 Å². The first-order valence-corrected chi connectivity index (χ1v) is 8.40. The summed E-state index contributed by atoms with van der Waals surface area (Å²) in [5, 5.41) is 2.89. The van der Waals surface area contributed by atoms with Crippen LogP contribution >= 0.6 is 0 Å². The lowest BCUT2D eigenvalue weighted by atomic mass is 10.2. The highest BCUT2D eigenvalue weighted by Gasteiger charge is 2.04. The Morgan fingerprint density at radius 3 is 2.46 bits per heavy atom. The van der Waals surface area contributed by atoms with Crippen molar-refractivity contribution < 1.29 is 14.3 Å². The minimum Gasteiger partial charge on any atom is -0.497 e. The van der Waals surface area contributed by atoms with E-state index in [2.05, 4.69) is 10.3 Å². The van der Waals surface area contributed by atoms with E-state index in [1.165, 1.54) is 0 Å². The van der Waals surface area contributed by atoms with Gasteiger partial charge in [0.15, 0.2) is 0 Å². The summed E-state index contributed by atoms with van der Waals surface area (Å²) in [7, 11) is 1.62. The molecule has 2 aromatic carbocycles. The summed E-state index contributed by atoms with van der Waals surface area (Å²) in [6.07, 6.45) is 6.38. The summed E-state index contributed by atoms with van der Waals surface area (Å²) in [6, 6.07) is 15.0. The maximum absolute atomic E-state index is 12.0. The van der Waals surface area contributed by atoms with Gasteiger partial charge < -0.3 is 19.4 Å². The Balaban J connectivity index is 1.39. The molecule has 0 fully saturated rings. The van der Waals surface area contributed by atoms with E-state index in [1.54, 1.807) is 19.6 Å². The molecule has 0 radical (unpaired) electrons. The fraction of sp³-hybridized carbons (Fsp3) is 0.200. The van der Waals surface area contributed by atoms with Gasteiger partial charge in [0, 0.05) is 30.2 Å². The zero-order valence-corrected chi connectivity index (χ0v) is 14.6. The molecule has 0 bridgehead atoms. The second kappa shape index (κ2) is 8.71. The molecule has 6 nitrogen and oxygen atoms in total. The van der Waals surface area contributed by atoms with Crippen molar-refractivity contribution in [2.24, 2.45) is 0 Å². The smallest absolute Gasteiger partial charge is 0.224 e. The van der Waals surface area contributed by atoms with Crippen LogP contribution in [0.25, 0.3) is 5.69 Å². The molecule has 0 spiro atoms. The number of carbonyl (C=O) groups excluding carboxylic acids is 1. The standard InChI is InChI=1S/C20H21N3O3/c1-25-18-8-10-19(11-9-18)26-14-2-3-20(24)22-16-4-6-17(7-5-16)23-13-12-21-15-23/h4-13,15H,2-3,14H2,1H3,(H,22,24). The van der Waals surface area contributed by atoms with Gasteiger partial charge in [-0.25, -0.2) is 4.98 Å². The van der Waals surface area contributed by atoms with E-state index in [0.29, 0.717) is 19.4 Å². The lowest BCUT2D eigenvalue weighted by Gasteiger charge is -2.08. The average Bonchev–Trinajstić information content (AvgIpc) is 3.21. The first-order chi connectivity index (χ1) is 12.7. The Morgan fingerprint density at radius 1 is 1.08 bits per heavy atom. The van der Waals surface area contributed by atoms with Gasteiger partial charge in [-0.05, 0) is 55.0 Å². The van der Waals surface area contributed by atoms with Crippen LogP contribution in [0.5, 0.6) is 11.5 Å². The van der Waals surface area contributed by atoms with Gasteiger partial charge in [0.2, 0.25) is 5.91 Å². The van der Waals surface area contributed by atoms with Crippen LogP contribution in [0.4, 0.5) is 5.69 Å². The van der Waals surface area contributed by atoms with Crippen molar-refractivity contribution in [2.75, 3.05) is 19.0 Å². The van der Waals surface area contributed by atoms with E-state index in [4.69, 9.17) is 9.47 Å². The molecule has 0 unspecified atom stereocenters. The predicted molar refractivity (Wildman–Crippen MR) is 99.9 cm³/mol. The van der Waals surface area contributed by atoms with Crippen LogP contribution in [-0.2, 0) is 4.79 Å². The summed E-state index contributed by atoms with van der Waals surface area (Å²) >= 11 is 0. The van der Waals surface area contributed by atoms with E-state index < -0.39 is 0 Å². The number of ether oxygens (including phenoxy) is 2. The largest absolute Gasteiger partial charge is 0.497 e. The molecular formula is C20H21N3O3. The van der Waals surface area contributed by atoms with Crippen LogP contribution < -0.4 is 14.8 Å². The lowest BCUT2D eigenvalue weighted by molar-refractivity contribution is -0.116. The summed E-state index contributed by atoms with van der Waals surface area (Å²) in [5.74, 6) is 1.52. The number of carbonyl (C=O) groups is 1. The Labute approximate surface area is 152 Å². The molecule has 6 heteroatoms. The lowest BCUT2D eigenvalue weighted by Crippen LogP contribution is -2.12. The topological polar surface area (TPSA) is 65.4 Å². The van der Waals surface area contributed by atoms with Gasteiger partial charge in [-0.2, -0.15) is 0 Å². The van der Waals surface area contributed by atoms with E-state index >= 15 is 0 Å². The van der Waals surface area contributed by atoms with Crippen molar-refractivity contribution in [1.82, 2.24) is 9.55 Å². The molecule has 3 aromatic rings. The molecule has 26 heavy (non-hydrogen) atoms. The van der Waals surface area contributed by atoms with Gasteiger partial charge in [-0.3, -0.25) is 4.79 Å². The molecule has 0 saturated heterocycles. The highest BCUT2D eigenvalue weighted by atomic mass is 16.5. The van der Waals surface area contributed by atoms with Crippen molar-refractivity contribution >= 4 is 11.6 Å². The van der Waals surface area contributed by atoms with Crippen LogP contribution in [0.3, 0.4) is 0 Å². The summed E-state index contributed by atoms with van der Waals surface area (Å²) in [4.78, 5) is 16.0. The Bertz CT molecular complexity index is 813. The molecule has 0 aliphatic heterocycles. The second-order valence-corrected chi connectivity index (χ2v) is 5.69. The number of imidazole rings is 1. The minimum atomic E-state index is -0.0290. The maximum Gasteiger partial charge on any atom is 0.224 e. The SMILES string of the molecule is COc1ccc(OCCCC(=O)Nc2ccc(-n3ccnc3)cc2)cc1. The van der Waals surface area contributed by atoms with Crippen LogP contribution in [-0.4, -0.2) is 29.2 Å². The second-order valence-electron chi connectivity index (χ2n) is 5.69. The molecule has 1 N–H and O–H groups in total. The van der Waals surface area contributed by atoms with Crippen LogP contribution in [0.15, 0.2) is 67.3 Å². The Morgan fingerprint density at radius 2 is 1.81 bits per heavy atom. The Hall–Kier alpha value is -3.28. The number of aromatic nitrogens is 2.